The van der Waals surface area contributed by atoms with Crippen LogP contribution in [-0.2, 0) is 4.79 Å². The third kappa shape index (κ3) is 2.65. The minimum absolute atomic E-state index is 0.234. The van der Waals surface area contributed by atoms with E-state index in [4.69, 9.17) is 5.73 Å². The SMILES string of the molecule is CCC(N)C(=O)S. The zero-order chi connectivity index (χ0) is 5.86. The van der Waals surface area contributed by atoms with Crippen molar-refractivity contribution in [2.45, 2.75) is 19.4 Å². The van der Waals surface area contributed by atoms with Gasteiger partial charge in [0.15, 0.2) is 0 Å². The molecule has 0 aliphatic heterocycles. The van der Waals surface area contributed by atoms with Crippen LogP contribution in [0.25, 0.3) is 0 Å². The molecular formula is C4H9NOS. The second-order valence-corrected chi connectivity index (χ2v) is 1.79. The minimum Gasteiger partial charge on any atom is -0.321 e. The van der Waals surface area contributed by atoms with Gasteiger partial charge >= 0.3 is 0 Å². The van der Waals surface area contributed by atoms with E-state index in [1.807, 2.05) is 6.92 Å². The fourth-order valence-electron chi connectivity index (χ4n) is 0.175. The molecule has 0 bridgehead atoms. The van der Waals surface area contributed by atoms with Gasteiger partial charge in [0.1, 0.15) is 0 Å². The van der Waals surface area contributed by atoms with Crippen LogP contribution in [0.15, 0.2) is 0 Å². The molecule has 0 heterocycles. The van der Waals surface area contributed by atoms with Crippen LogP contribution in [0.1, 0.15) is 13.3 Å². The molecule has 0 radical (unpaired) electrons. The maximum Gasteiger partial charge on any atom is 0.202 e. The van der Waals surface area contributed by atoms with Gasteiger partial charge in [0.25, 0.3) is 0 Å². The summed E-state index contributed by atoms with van der Waals surface area (Å²) in [7, 11) is 0. The highest BCUT2D eigenvalue weighted by Crippen LogP contribution is 1.89. The molecule has 42 valence electrons. The van der Waals surface area contributed by atoms with Crippen LogP contribution in [0, 0.1) is 0 Å². The molecule has 7 heavy (non-hydrogen) atoms. The van der Waals surface area contributed by atoms with Crippen molar-refractivity contribution in [3.8, 4) is 0 Å². The van der Waals surface area contributed by atoms with Gasteiger partial charge in [-0.15, -0.1) is 12.6 Å². The summed E-state index contributed by atoms with van der Waals surface area (Å²) in [6.07, 6.45) is 0.669. The van der Waals surface area contributed by atoms with Gasteiger partial charge in [-0.2, -0.15) is 0 Å². The first-order valence-electron chi connectivity index (χ1n) is 2.17. The third-order valence-electron chi connectivity index (χ3n) is 0.757. The van der Waals surface area contributed by atoms with Crippen molar-refractivity contribution in [1.29, 1.82) is 0 Å². The van der Waals surface area contributed by atoms with E-state index in [1.54, 1.807) is 0 Å². The Balaban J connectivity index is 3.34. The van der Waals surface area contributed by atoms with Crippen molar-refractivity contribution in [2.24, 2.45) is 5.73 Å². The molecule has 0 rings (SSSR count). The summed E-state index contributed by atoms with van der Waals surface area (Å²) < 4.78 is 0. The van der Waals surface area contributed by atoms with E-state index in [0.29, 0.717) is 6.42 Å². The molecule has 1 atom stereocenters. The number of thiol groups is 1. The van der Waals surface area contributed by atoms with Gasteiger partial charge in [0, 0.05) is 0 Å². The lowest BCUT2D eigenvalue weighted by Gasteiger charge is -1.98. The predicted molar refractivity (Wildman–Crippen MR) is 32.3 cm³/mol. The molecule has 0 amide bonds. The number of carbonyl (C=O) groups is 1. The van der Waals surface area contributed by atoms with E-state index in [0.717, 1.165) is 0 Å². The molecule has 0 aliphatic rings. The van der Waals surface area contributed by atoms with E-state index in [9.17, 15) is 4.79 Å². The number of carbonyl (C=O) groups excluding carboxylic acids is 1. The zero-order valence-electron chi connectivity index (χ0n) is 4.22. The highest BCUT2D eigenvalue weighted by Gasteiger charge is 2.02. The van der Waals surface area contributed by atoms with Gasteiger partial charge < -0.3 is 5.73 Å². The topological polar surface area (TPSA) is 43.1 Å². The van der Waals surface area contributed by atoms with Crippen LogP contribution >= 0.6 is 12.6 Å². The predicted octanol–water partition coefficient (Wildman–Crippen LogP) is 0.180. The molecule has 0 aromatic carbocycles. The number of nitrogens with two attached hydrogens (primary N) is 1. The van der Waals surface area contributed by atoms with Gasteiger partial charge in [-0.3, -0.25) is 4.79 Å². The van der Waals surface area contributed by atoms with Crippen molar-refractivity contribution >= 4 is 17.7 Å². The molecule has 0 spiro atoms. The van der Waals surface area contributed by atoms with E-state index in [-0.39, 0.29) is 11.2 Å². The summed E-state index contributed by atoms with van der Waals surface area (Å²) in [6, 6.07) is -0.372. The first kappa shape index (κ1) is 6.98. The number of hydrogen-bond acceptors (Lipinski definition) is 2. The second kappa shape index (κ2) is 3.04. The summed E-state index contributed by atoms with van der Waals surface area (Å²) >= 11 is 3.51. The Kier molecular flexibility index (Phi) is 3.04. The Hall–Kier alpha value is -0.0200. The molecule has 0 aromatic rings. The molecule has 3 heteroatoms. The Morgan fingerprint density at radius 2 is 2.43 bits per heavy atom. The van der Waals surface area contributed by atoms with Crippen LogP contribution < -0.4 is 5.73 Å². The maximum absolute atomic E-state index is 10.1. The van der Waals surface area contributed by atoms with Crippen LogP contribution in [0.2, 0.25) is 0 Å². The van der Waals surface area contributed by atoms with Gasteiger partial charge in [0.05, 0.1) is 6.04 Å². The lowest BCUT2D eigenvalue weighted by Crippen LogP contribution is -2.25. The van der Waals surface area contributed by atoms with Crippen molar-refractivity contribution < 1.29 is 4.79 Å². The van der Waals surface area contributed by atoms with E-state index in [2.05, 4.69) is 12.6 Å². The van der Waals surface area contributed by atoms with Gasteiger partial charge in [0.2, 0.25) is 5.12 Å². The Bertz CT molecular complexity index is 74.1. The summed E-state index contributed by atoms with van der Waals surface area (Å²) in [5.74, 6) is 0. The first-order valence-corrected chi connectivity index (χ1v) is 2.61. The molecule has 2 nitrogen and oxygen atoms in total. The third-order valence-corrected chi connectivity index (χ3v) is 1.09. The molecule has 0 aromatic heterocycles. The van der Waals surface area contributed by atoms with Crippen molar-refractivity contribution in [2.75, 3.05) is 0 Å². The molecule has 0 saturated carbocycles. The van der Waals surface area contributed by atoms with Crippen LogP contribution in [0.3, 0.4) is 0 Å². The van der Waals surface area contributed by atoms with Gasteiger partial charge in [-0.25, -0.2) is 0 Å². The summed E-state index contributed by atoms with van der Waals surface area (Å²) in [5, 5.41) is -0.234. The van der Waals surface area contributed by atoms with Crippen LogP contribution in [-0.4, -0.2) is 11.2 Å². The van der Waals surface area contributed by atoms with E-state index in [1.165, 1.54) is 0 Å². The lowest BCUT2D eigenvalue weighted by atomic mass is 10.3. The molecule has 0 saturated heterocycles. The van der Waals surface area contributed by atoms with E-state index < -0.39 is 0 Å². The average Bonchev–Trinajstić information content (AvgIpc) is 1.65. The van der Waals surface area contributed by atoms with E-state index >= 15 is 0 Å². The molecular weight excluding hydrogens is 110 g/mol. The molecule has 1 unspecified atom stereocenters. The zero-order valence-corrected chi connectivity index (χ0v) is 5.11. The molecule has 0 aliphatic carbocycles. The minimum atomic E-state index is -0.372. The summed E-state index contributed by atoms with van der Waals surface area (Å²) in [5.41, 5.74) is 5.19. The summed E-state index contributed by atoms with van der Waals surface area (Å²) in [6.45, 7) is 1.85. The first-order chi connectivity index (χ1) is 3.18. The fourth-order valence-corrected chi connectivity index (χ4v) is 0.357. The van der Waals surface area contributed by atoms with Crippen molar-refractivity contribution in [3.05, 3.63) is 0 Å². The van der Waals surface area contributed by atoms with Crippen molar-refractivity contribution in [3.63, 3.8) is 0 Å². The van der Waals surface area contributed by atoms with Gasteiger partial charge in [-0.05, 0) is 6.42 Å². The highest BCUT2D eigenvalue weighted by molar-refractivity contribution is 7.96. The Morgan fingerprint density at radius 3 is 2.43 bits per heavy atom. The smallest absolute Gasteiger partial charge is 0.202 e. The Labute approximate surface area is 48.5 Å². The molecule has 0 fully saturated rings. The average molecular weight is 119 g/mol. The van der Waals surface area contributed by atoms with Crippen molar-refractivity contribution in [1.82, 2.24) is 0 Å². The highest BCUT2D eigenvalue weighted by atomic mass is 32.1. The summed E-state index contributed by atoms with van der Waals surface area (Å²) in [4.78, 5) is 10.1. The van der Waals surface area contributed by atoms with Crippen LogP contribution in [0.4, 0.5) is 0 Å². The Morgan fingerprint density at radius 1 is 2.00 bits per heavy atom. The monoisotopic (exact) mass is 119 g/mol. The normalized spacial score (nSPS) is 13.6. The largest absolute Gasteiger partial charge is 0.321 e. The number of rotatable bonds is 2. The van der Waals surface area contributed by atoms with Gasteiger partial charge in [-0.1, -0.05) is 6.92 Å². The van der Waals surface area contributed by atoms with Crippen LogP contribution in [0.5, 0.6) is 0 Å². The molecule has 2 N–H and O–H groups in total. The fraction of sp³-hybridized carbons (Fsp3) is 0.750. The number of hydrogen-bond donors (Lipinski definition) is 2. The standard InChI is InChI=1S/C4H9NOS/c1-2-3(5)4(6)7/h3H,2,5H2,1H3,(H,6,7). The maximum atomic E-state index is 10.1. The second-order valence-electron chi connectivity index (χ2n) is 1.35. The quantitative estimate of drug-likeness (QED) is 0.509. The lowest BCUT2D eigenvalue weighted by molar-refractivity contribution is -0.111.